The van der Waals surface area contributed by atoms with Crippen molar-refractivity contribution in [1.29, 1.82) is 0 Å². The summed E-state index contributed by atoms with van der Waals surface area (Å²) in [6.45, 7) is 0. The Balaban J connectivity index is 2.33. The minimum absolute atomic E-state index is 0.103. The average molecular weight is 307 g/mol. The van der Waals surface area contributed by atoms with Crippen LogP contribution in [0.1, 0.15) is 5.69 Å². The third-order valence-corrected chi connectivity index (χ3v) is 2.53. The molecule has 0 aliphatic heterocycles. The predicted octanol–water partition coefficient (Wildman–Crippen LogP) is 3.61. The standard InChI is InChI=1S/C11H7ClF4N4/c12-6-2-1-5(3-7(6)13)18-9-4-8(11(14,15)16)19-10(17)20-9/h1-4H,(H3,17,18,19,20). The van der Waals surface area contributed by atoms with E-state index in [1.165, 1.54) is 12.1 Å². The lowest BCUT2D eigenvalue weighted by Gasteiger charge is -2.10. The zero-order chi connectivity index (χ0) is 14.9. The molecule has 0 aliphatic carbocycles. The lowest BCUT2D eigenvalue weighted by atomic mass is 10.3. The van der Waals surface area contributed by atoms with Crippen LogP contribution in [-0.2, 0) is 6.18 Å². The van der Waals surface area contributed by atoms with Gasteiger partial charge in [-0.2, -0.15) is 18.2 Å². The Hall–Kier alpha value is -2.09. The number of nitrogens with zero attached hydrogens (tertiary/aromatic N) is 2. The third-order valence-electron chi connectivity index (χ3n) is 2.23. The molecule has 20 heavy (non-hydrogen) atoms. The Morgan fingerprint density at radius 2 is 1.85 bits per heavy atom. The molecule has 0 atom stereocenters. The maximum absolute atomic E-state index is 13.2. The summed E-state index contributed by atoms with van der Waals surface area (Å²) in [6.07, 6.45) is -4.65. The zero-order valence-electron chi connectivity index (χ0n) is 9.67. The molecule has 3 N–H and O–H groups in total. The summed E-state index contributed by atoms with van der Waals surface area (Å²) in [5.74, 6) is -1.46. The maximum atomic E-state index is 13.2. The molecule has 1 aromatic heterocycles. The number of rotatable bonds is 2. The molecule has 4 nitrogen and oxygen atoms in total. The smallest absolute Gasteiger partial charge is 0.368 e. The molecule has 0 radical (unpaired) electrons. The summed E-state index contributed by atoms with van der Waals surface area (Å²) in [6, 6.07) is 4.34. The van der Waals surface area contributed by atoms with Crippen LogP contribution < -0.4 is 11.1 Å². The summed E-state index contributed by atoms with van der Waals surface area (Å²) in [5, 5.41) is 2.39. The molecule has 0 bridgehead atoms. The van der Waals surface area contributed by atoms with Crippen molar-refractivity contribution in [1.82, 2.24) is 9.97 Å². The third kappa shape index (κ3) is 3.27. The topological polar surface area (TPSA) is 63.8 Å². The molecule has 106 valence electrons. The number of anilines is 3. The second kappa shape index (κ2) is 5.12. The van der Waals surface area contributed by atoms with Gasteiger partial charge in [0.2, 0.25) is 5.95 Å². The Morgan fingerprint density at radius 3 is 2.45 bits per heavy atom. The molecular weight excluding hydrogens is 300 g/mol. The van der Waals surface area contributed by atoms with E-state index < -0.39 is 23.6 Å². The van der Waals surface area contributed by atoms with Gasteiger partial charge in [-0.1, -0.05) is 11.6 Å². The Labute approximate surface area is 115 Å². The molecule has 0 spiro atoms. The van der Waals surface area contributed by atoms with E-state index >= 15 is 0 Å². The zero-order valence-corrected chi connectivity index (χ0v) is 10.4. The molecule has 9 heteroatoms. The molecular formula is C11H7ClF4N4. The second-order valence-electron chi connectivity index (χ2n) is 3.75. The van der Waals surface area contributed by atoms with Crippen LogP contribution in [-0.4, -0.2) is 9.97 Å². The molecule has 0 saturated carbocycles. The first-order chi connectivity index (χ1) is 9.25. The molecule has 2 aromatic rings. The van der Waals surface area contributed by atoms with Gasteiger partial charge in [0, 0.05) is 11.8 Å². The van der Waals surface area contributed by atoms with Crippen molar-refractivity contribution in [3.8, 4) is 0 Å². The highest BCUT2D eigenvalue weighted by Crippen LogP contribution is 2.30. The maximum Gasteiger partial charge on any atom is 0.433 e. The summed E-state index contributed by atoms with van der Waals surface area (Å²) < 4.78 is 50.9. The number of benzene rings is 1. The number of halogens is 5. The van der Waals surface area contributed by atoms with Crippen LogP contribution in [0.3, 0.4) is 0 Å². The van der Waals surface area contributed by atoms with Crippen molar-refractivity contribution in [2.45, 2.75) is 6.18 Å². The summed E-state index contributed by atoms with van der Waals surface area (Å²) in [5.41, 5.74) is 4.19. The van der Waals surface area contributed by atoms with Gasteiger partial charge >= 0.3 is 6.18 Å². The first-order valence-electron chi connectivity index (χ1n) is 5.19. The van der Waals surface area contributed by atoms with Gasteiger partial charge in [-0.25, -0.2) is 9.37 Å². The van der Waals surface area contributed by atoms with Gasteiger partial charge in [0.05, 0.1) is 5.02 Å². The molecule has 0 amide bonds. The van der Waals surface area contributed by atoms with E-state index in [4.69, 9.17) is 17.3 Å². The Morgan fingerprint density at radius 1 is 1.15 bits per heavy atom. The van der Waals surface area contributed by atoms with Crippen LogP contribution >= 0.6 is 11.6 Å². The van der Waals surface area contributed by atoms with Crippen LogP contribution in [0.5, 0.6) is 0 Å². The van der Waals surface area contributed by atoms with Crippen LogP contribution in [0, 0.1) is 5.82 Å². The fraction of sp³-hybridized carbons (Fsp3) is 0.0909. The molecule has 0 unspecified atom stereocenters. The minimum atomic E-state index is -4.65. The average Bonchev–Trinajstić information content (AvgIpc) is 2.32. The van der Waals surface area contributed by atoms with Crippen LogP contribution in [0.25, 0.3) is 0 Å². The van der Waals surface area contributed by atoms with Crippen molar-refractivity contribution in [2.24, 2.45) is 0 Å². The summed E-state index contributed by atoms with van der Waals surface area (Å²) in [7, 11) is 0. The lowest BCUT2D eigenvalue weighted by molar-refractivity contribution is -0.141. The van der Waals surface area contributed by atoms with Crippen molar-refractivity contribution >= 4 is 29.1 Å². The first-order valence-corrected chi connectivity index (χ1v) is 5.57. The van der Waals surface area contributed by atoms with E-state index in [1.807, 2.05) is 0 Å². The number of nitrogen functional groups attached to an aromatic ring is 1. The van der Waals surface area contributed by atoms with Gasteiger partial charge < -0.3 is 11.1 Å². The van der Waals surface area contributed by atoms with Gasteiger partial charge in [0.15, 0.2) is 5.69 Å². The highest BCUT2D eigenvalue weighted by molar-refractivity contribution is 6.30. The van der Waals surface area contributed by atoms with Crippen molar-refractivity contribution < 1.29 is 17.6 Å². The van der Waals surface area contributed by atoms with Gasteiger partial charge in [0.1, 0.15) is 11.6 Å². The molecule has 1 heterocycles. The van der Waals surface area contributed by atoms with Gasteiger partial charge in [-0.15, -0.1) is 0 Å². The molecule has 1 aromatic carbocycles. The van der Waals surface area contributed by atoms with E-state index in [-0.39, 0.29) is 16.5 Å². The van der Waals surface area contributed by atoms with E-state index in [2.05, 4.69) is 15.3 Å². The Bertz CT molecular complexity index is 645. The second-order valence-corrected chi connectivity index (χ2v) is 4.16. The monoisotopic (exact) mass is 306 g/mol. The van der Waals surface area contributed by atoms with Crippen LogP contribution in [0.15, 0.2) is 24.3 Å². The molecule has 0 saturated heterocycles. The highest BCUT2D eigenvalue weighted by Gasteiger charge is 2.33. The van der Waals surface area contributed by atoms with E-state index in [1.54, 1.807) is 0 Å². The Kier molecular flexibility index (Phi) is 3.67. The number of alkyl halides is 3. The van der Waals surface area contributed by atoms with Crippen molar-refractivity contribution in [3.05, 3.63) is 40.8 Å². The van der Waals surface area contributed by atoms with Crippen molar-refractivity contribution in [3.63, 3.8) is 0 Å². The number of nitrogens with one attached hydrogen (secondary N) is 1. The fourth-order valence-electron chi connectivity index (χ4n) is 1.40. The largest absolute Gasteiger partial charge is 0.433 e. The molecule has 0 fully saturated rings. The van der Waals surface area contributed by atoms with Gasteiger partial charge in [-0.3, -0.25) is 0 Å². The minimum Gasteiger partial charge on any atom is -0.368 e. The normalized spacial score (nSPS) is 11.4. The predicted molar refractivity (Wildman–Crippen MR) is 66.1 cm³/mol. The van der Waals surface area contributed by atoms with E-state index in [0.29, 0.717) is 6.07 Å². The number of hydrogen-bond donors (Lipinski definition) is 2. The first kappa shape index (κ1) is 14.3. The summed E-state index contributed by atoms with van der Waals surface area (Å²) >= 11 is 5.50. The SMILES string of the molecule is Nc1nc(Nc2ccc(Cl)c(F)c2)cc(C(F)(F)F)n1. The van der Waals surface area contributed by atoms with Crippen LogP contribution in [0.2, 0.25) is 5.02 Å². The lowest BCUT2D eigenvalue weighted by Crippen LogP contribution is -2.12. The fourth-order valence-corrected chi connectivity index (χ4v) is 1.51. The van der Waals surface area contributed by atoms with Gasteiger partial charge in [-0.05, 0) is 18.2 Å². The quantitative estimate of drug-likeness (QED) is 0.832. The van der Waals surface area contributed by atoms with Crippen LogP contribution in [0.4, 0.5) is 35.0 Å². The molecule has 0 aliphatic rings. The number of aromatic nitrogens is 2. The number of nitrogens with two attached hydrogens (primary N) is 1. The molecule has 2 rings (SSSR count). The number of hydrogen-bond acceptors (Lipinski definition) is 4. The van der Waals surface area contributed by atoms with E-state index in [0.717, 1.165) is 6.07 Å². The van der Waals surface area contributed by atoms with E-state index in [9.17, 15) is 17.6 Å². The van der Waals surface area contributed by atoms with Crippen molar-refractivity contribution in [2.75, 3.05) is 11.1 Å². The van der Waals surface area contributed by atoms with Gasteiger partial charge in [0.25, 0.3) is 0 Å². The highest BCUT2D eigenvalue weighted by atomic mass is 35.5. The summed E-state index contributed by atoms with van der Waals surface area (Å²) in [4.78, 5) is 6.68.